The summed E-state index contributed by atoms with van der Waals surface area (Å²) in [5.74, 6) is 0.783. The highest BCUT2D eigenvalue weighted by Gasteiger charge is 2.34. The van der Waals surface area contributed by atoms with E-state index < -0.39 is 5.60 Å². The van der Waals surface area contributed by atoms with Gasteiger partial charge < -0.3 is 19.8 Å². The number of aromatic nitrogens is 1. The van der Waals surface area contributed by atoms with Crippen molar-refractivity contribution in [2.45, 2.75) is 38.3 Å². The molecule has 0 unspecified atom stereocenters. The number of aliphatic hydroxyl groups is 1. The average Bonchev–Trinajstić information content (AvgIpc) is 2.84. The Hall–Kier alpha value is -1.56. The second-order valence-corrected chi connectivity index (χ2v) is 5.09. The summed E-state index contributed by atoms with van der Waals surface area (Å²) < 4.78 is 4.82. The fourth-order valence-corrected chi connectivity index (χ4v) is 2.07. The molecule has 1 aromatic heterocycles. The molecule has 2 rings (SSSR count). The minimum absolute atomic E-state index is 0.457. The summed E-state index contributed by atoms with van der Waals surface area (Å²) >= 11 is 0. The molecule has 0 radical (unpaired) electrons. The first-order valence-electron chi connectivity index (χ1n) is 6.74. The lowest BCUT2D eigenvalue weighted by Crippen LogP contribution is -2.43. The zero-order chi connectivity index (χ0) is 13.7. The van der Waals surface area contributed by atoms with Crippen LogP contribution < -0.4 is 5.32 Å². The van der Waals surface area contributed by atoms with Gasteiger partial charge in [0.15, 0.2) is 5.96 Å². The van der Waals surface area contributed by atoms with Crippen molar-refractivity contribution >= 4 is 5.96 Å². The highest BCUT2D eigenvalue weighted by molar-refractivity contribution is 5.79. The van der Waals surface area contributed by atoms with E-state index in [0.29, 0.717) is 13.1 Å². The highest BCUT2D eigenvalue weighted by Crippen LogP contribution is 2.31. The summed E-state index contributed by atoms with van der Waals surface area (Å²) in [6.07, 6.45) is 4.35. The number of nitrogens with zero attached hydrogens (tertiary/aromatic N) is 3. The Bertz CT molecular complexity index is 412. The molecule has 0 amide bonds. The van der Waals surface area contributed by atoms with Crippen molar-refractivity contribution < 1.29 is 9.63 Å². The van der Waals surface area contributed by atoms with E-state index in [1.54, 1.807) is 6.26 Å². The largest absolute Gasteiger partial charge is 0.388 e. The number of hydrogen-bond acceptors (Lipinski definition) is 4. The maximum absolute atomic E-state index is 10.1. The molecule has 1 heterocycles. The molecule has 106 valence electrons. The molecule has 1 aromatic rings. The number of guanidine groups is 1. The first-order chi connectivity index (χ1) is 9.13. The molecule has 2 N–H and O–H groups in total. The van der Waals surface area contributed by atoms with Crippen LogP contribution in [-0.2, 0) is 6.54 Å². The Morgan fingerprint density at radius 3 is 2.95 bits per heavy atom. The van der Waals surface area contributed by atoms with Crippen LogP contribution in [0.5, 0.6) is 0 Å². The summed E-state index contributed by atoms with van der Waals surface area (Å²) in [6.45, 7) is 3.90. The van der Waals surface area contributed by atoms with Crippen molar-refractivity contribution in [3.63, 3.8) is 0 Å². The van der Waals surface area contributed by atoms with Gasteiger partial charge in [-0.3, -0.25) is 4.99 Å². The van der Waals surface area contributed by atoms with Gasteiger partial charge in [0.2, 0.25) is 0 Å². The van der Waals surface area contributed by atoms with Crippen LogP contribution >= 0.6 is 0 Å². The molecule has 1 aliphatic rings. The normalized spacial score (nSPS) is 17.9. The smallest absolute Gasteiger partial charge is 0.194 e. The van der Waals surface area contributed by atoms with Gasteiger partial charge in [0.05, 0.1) is 18.7 Å². The van der Waals surface area contributed by atoms with Crippen LogP contribution in [0.2, 0.25) is 0 Å². The summed E-state index contributed by atoms with van der Waals surface area (Å²) in [5, 5.41) is 17.2. The molecular weight excluding hydrogens is 244 g/mol. The SMILES string of the molecule is CCNC(=NCC1(O)CCC1)N(C)Cc1ccon1. The van der Waals surface area contributed by atoms with Crippen LogP contribution in [0.4, 0.5) is 0 Å². The molecule has 6 nitrogen and oxygen atoms in total. The van der Waals surface area contributed by atoms with Gasteiger partial charge in [-0.2, -0.15) is 0 Å². The number of hydrogen-bond donors (Lipinski definition) is 2. The Morgan fingerprint density at radius 2 is 2.42 bits per heavy atom. The molecule has 0 atom stereocenters. The Kier molecular flexibility index (Phi) is 4.42. The lowest BCUT2D eigenvalue weighted by atomic mass is 9.80. The standard InChI is InChI=1S/C13H22N4O2/c1-3-14-12(15-10-13(18)6-4-7-13)17(2)9-11-5-8-19-16-11/h5,8,18H,3-4,6-7,9-10H2,1-2H3,(H,14,15). The molecule has 0 bridgehead atoms. The van der Waals surface area contributed by atoms with Crippen LogP contribution in [0.15, 0.2) is 21.8 Å². The topological polar surface area (TPSA) is 73.9 Å². The molecule has 1 aliphatic carbocycles. The van der Waals surface area contributed by atoms with Gasteiger partial charge in [-0.05, 0) is 26.2 Å². The summed E-state index contributed by atoms with van der Waals surface area (Å²) in [7, 11) is 1.95. The third kappa shape index (κ3) is 3.70. The first kappa shape index (κ1) is 13.9. The van der Waals surface area contributed by atoms with Gasteiger partial charge in [-0.15, -0.1) is 0 Å². The van der Waals surface area contributed by atoms with Crippen LogP contribution in [0, 0.1) is 0 Å². The van der Waals surface area contributed by atoms with E-state index in [-0.39, 0.29) is 0 Å². The number of rotatable bonds is 5. The third-order valence-electron chi connectivity index (χ3n) is 3.39. The minimum Gasteiger partial charge on any atom is -0.388 e. The molecule has 1 fully saturated rings. The van der Waals surface area contributed by atoms with Crippen molar-refractivity contribution in [1.82, 2.24) is 15.4 Å². The van der Waals surface area contributed by atoms with E-state index >= 15 is 0 Å². The zero-order valence-corrected chi connectivity index (χ0v) is 11.6. The predicted molar refractivity (Wildman–Crippen MR) is 72.7 cm³/mol. The second kappa shape index (κ2) is 6.06. The minimum atomic E-state index is -0.588. The van der Waals surface area contributed by atoms with Crippen molar-refractivity contribution in [2.75, 3.05) is 20.1 Å². The van der Waals surface area contributed by atoms with Crippen molar-refractivity contribution in [1.29, 1.82) is 0 Å². The quantitative estimate of drug-likeness (QED) is 0.614. The van der Waals surface area contributed by atoms with Crippen LogP contribution in [0.25, 0.3) is 0 Å². The zero-order valence-electron chi connectivity index (χ0n) is 11.6. The van der Waals surface area contributed by atoms with Gasteiger partial charge in [-0.1, -0.05) is 5.16 Å². The number of aliphatic imine (C=N–C) groups is 1. The predicted octanol–water partition coefficient (Wildman–Crippen LogP) is 0.987. The monoisotopic (exact) mass is 266 g/mol. The van der Waals surface area contributed by atoms with Gasteiger partial charge >= 0.3 is 0 Å². The first-order valence-corrected chi connectivity index (χ1v) is 6.74. The Balaban J connectivity index is 1.95. The highest BCUT2D eigenvalue weighted by atomic mass is 16.5. The van der Waals surface area contributed by atoms with E-state index in [4.69, 9.17) is 4.52 Å². The fourth-order valence-electron chi connectivity index (χ4n) is 2.07. The van der Waals surface area contributed by atoms with Crippen molar-refractivity contribution in [2.24, 2.45) is 4.99 Å². The lowest BCUT2D eigenvalue weighted by Gasteiger charge is -2.35. The van der Waals surface area contributed by atoms with Gasteiger partial charge in [0.1, 0.15) is 12.0 Å². The van der Waals surface area contributed by atoms with Crippen LogP contribution in [0.1, 0.15) is 31.9 Å². The molecule has 1 saturated carbocycles. The summed E-state index contributed by atoms with van der Waals surface area (Å²) in [6, 6.07) is 1.83. The van der Waals surface area contributed by atoms with Crippen molar-refractivity contribution in [3.8, 4) is 0 Å². The Labute approximate surface area is 113 Å². The molecule has 19 heavy (non-hydrogen) atoms. The maximum atomic E-state index is 10.1. The molecule has 0 saturated heterocycles. The van der Waals surface area contributed by atoms with Crippen molar-refractivity contribution in [3.05, 3.63) is 18.0 Å². The van der Waals surface area contributed by atoms with E-state index in [1.165, 1.54) is 0 Å². The van der Waals surface area contributed by atoms with Crippen LogP contribution in [0.3, 0.4) is 0 Å². The molecule has 0 aliphatic heterocycles. The van der Waals surface area contributed by atoms with E-state index in [9.17, 15) is 5.11 Å². The fraction of sp³-hybridized carbons (Fsp3) is 0.692. The summed E-state index contributed by atoms with van der Waals surface area (Å²) in [4.78, 5) is 6.49. The molecule has 0 spiro atoms. The summed E-state index contributed by atoms with van der Waals surface area (Å²) in [5.41, 5.74) is 0.269. The number of nitrogens with one attached hydrogen (secondary N) is 1. The third-order valence-corrected chi connectivity index (χ3v) is 3.39. The lowest BCUT2D eigenvalue weighted by molar-refractivity contribution is -0.0237. The Morgan fingerprint density at radius 1 is 1.63 bits per heavy atom. The molecule has 6 heteroatoms. The van der Waals surface area contributed by atoms with Gasteiger partial charge in [0, 0.05) is 19.7 Å². The van der Waals surface area contributed by atoms with Crippen LogP contribution in [-0.4, -0.2) is 46.9 Å². The van der Waals surface area contributed by atoms with Gasteiger partial charge in [-0.25, -0.2) is 0 Å². The van der Waals surface area contributed by atoms with Gasteiger partial charge in [0.25, 0.3) is 0 Å². The molecular formula is C13H22N4O2. The average molecular weight is 266 g/mol. The molecule has 0 aromatic carbocycles. The maximum Gasteiger partial charge on any atom is 0.194 e. The van der Waals surface area contributed by atoms with E-state index in [0.717, 1.165) is 37.5 Å². The van der Waals surface area contributed by atoms with E-state index in [1.807, 2.05) is 24.9 Å². The second-order valence-electron chi connectivity index (χ2n) is 5.09. The van der Waals surface area contributed by atoms with E-state index in [2.05, 4.69) is 15.5 Å².